The summed E-state index contributed by atoms with van der Waals surface area (Å²) in [6.07, 6.45) is 4.81. The molecule has 0 unspecified atom stereocenters. The van der Waals surface area contributed by atoms with Crippen LogP contribution in [0.15, 0.2) is 63.2 Å². The summed E-state index contributed by atoms with van der Waals surface area (Å²) in [5, 5.41) is 6.02. The zero-order valence-corrected chi connectivity index (χ0v) is 8.45. The molecule has 1 aliphatic heterocycles. The van der Waals surface area contributed by atoms with Crippen LogP contribution in [0.5, 0.6) is 0 Å². The van der Waals surface area contributed by atoms with Crippen LogP contribution in [0, 0.1) is 0 Å². The quantitative estimate of drug-likeness (QED) is 0.670. The van der Waals surface area contributed by atoms with Gasteiger partial charge >= 0.3 is 0 Å². The van der Waals surface area contributed by atoms with E-state index in [1.54, 1.807) is 0 Å². The van der Waals surface area contributed by atoms with Crippen LogP contribution < -0.4 is 0 Å². The van der Waals surface area contributed by atoms with E-state index in [2.05, 4.69) is 21.8 Å². The third kappa shape index (κ3) is 2.57. The minimum Gasteiger partial charge on any atom is -0.148 e. The average Bonchev–Trinajstić information content (AvgIpc) is 2.48. The van der Waals surface area contributed by atoms with Crippen molar-refractivity contribution in [1.82, 2.24) is 0 Å². The molecule has 1 aromatic carbocycles. The number of hydrogen-bond donors (Lipinski definition) is 0. The smallest absolute Gasteiger partial charge is 0.0681 e. The lowest BCUT2D eigenvalue weighted by molar-refractivity contribution is 1.06. The van der Waals surface area contributed by atoms with Crippen LogP contribution in [0.3, 0.4) is 0 Å². The zero-order chi connectivity index (χ0) is 9.64. The lowest BCUT2D eigenvalue weighted by Crippen LogP contribution is -1.85. The van der Waals surface area contributed by atoms with Gasteiger partial charge in [0.2, 0.25) is 0 Å². The van der Waals surface area contributed by atoms with Crippen LogP contribution >= 0.6 is 11.9 Å². The monoisotopic (exact) mass is 202 g/mol. The van der Waals surface area contributed by atoms with Crippen LogP contribution in [-0.2, 0) is 6.42 Å². The molecule has 0 fully saturated rings. The van der Waals surface area contributed by atoms with Gasteiger partial charge in [0.05, 0.1) is 5.70 Å². The average molecular weight is 202 g/mol. The predicted molar refractivity (Wildman–Crippen MR) is 59.8 cm³/mol. The Morgan fingerprint density at radius 2 is 2.00 bits per heavy atom. The molecule has 0 saturated carbocycles. The first kappa shape index (κ1) is 9.21. The standard InChI is InChI=1S/C11H10N2S/c1-2-5-10(6-3-1)9-11-7-4-8-14-13-12-11/h1-8H,9H2. The van der Waals surface area contributed by atoms with E-state index in [9.17, 15) is 0 Å². The Morgan fingerprint density at radius 3 is 2.86 bits per heavy atom. The van der Waals surface area contributed by atoms with Gasteiger partial charge in [-0.15, -0.1) is 9.63 Å². The van der Waals surface area contributed by atoms with E-state index in [-0.39, 0.29) is 0 Å². The van der Waals surface area contributed by atoms with E-state index < -0.39 is 0 Å². The molecule has 3 heteroatoms. The lowest BCUT2D eigenvalue weighted by atomic mass is 10.1. The number of rotatable bonds is 2. The minimum absolute atomic E-state index is 0.842. The molecule has 0 bridgehead atoms. The fourth-order valence-electron chi connectivity index (χ4n) is 1.22. The van der Waals surface area contributed by atoms with E-state index in [1.165, 1.54) is 17.5 Å². The van der Waals surface area contributed by atoms with Crippen molar-refractivity contribution in [2.45, 2.75) is 6.42 Å². The molecule has 1 aromatic rings. The summed E-state index contributed by atoms with van der Waals surface area (Å²) in [5.74, 6) is 0. The first-order valence-electron chi connectivity index (χ1n) is 4.42. The largest absolute Gasteiger partial charge is 0.148 e. The van der Waals surface area contributed by atoms with Crippen molar-refractivity contribution in [3.63, 3.8) is 0 Å². The SMILES string of the molecule is C1=CSN=NC(Cc2ccccc2)=C1. The molecule has 1 aliphatic rings. The van der Waals surface area contributed by atoms with E-state index in [0.717, 1.165) is 12.1 Å². The van der Waals surface area contributed by atoms with Gasteiger partial charge in [-0.2, -0.15) is 0 Å². The first-order chi connectivity index (χ1) is 6.95. The summed E-state index contributed by atoms with van der Waals surface area (Å²) in [7, 11) is 0. The Hall–Kier alpha value is -1.35. The molecule has 0 atom stereocenters. The molecule has 1 heterocycles. The second kappa shape index (κ2) is 4.77. The highest BCUT2D eigenvalue weighted by molar-refractivity contribution is 8.00. The van der Waals surface area contributed by atoms with Crippen molar-refractivity contribution in [3.8, 4) is 0 Å². The van der Waals surface area contributed by atoms with Crippen LogP contribution in [0.25, 0.3) is 0 Å². The van der Waals surface area contributed by atoms with Crippen molar-refractivity contribution < 1.29 is 0 Å². The first-order valence-corrected chi connectivity index (χ1v) is 5.25. The molecule has 70 valence electrons. The van der Waals surface area contributed by atoms with Crippen LogP contribution in [0.4, 0.5) is 0 Å². The maximum atomic E-state index is 4.11. The Morgan fingerprint density at radius 1 is 1.14 bits per heavy atom. The molecule has 0 spiro atoms. The molecule has 0 radical (unpaired) electrons. The maximum Gasteiger partial charge on any atom is 0.0681 e. The highest BCUT2D eigenvalue weighted by Crippen LogP contribution is 2.16. The Labute approximate surface area is 87.6 Å². The fraction of sp³-hybridized carbons (Fsp3) is 0.0909. The number of allylic oxidation sites excluding steroid dienone is 3. The third-order valence-corrected chi connectivity index (χ3v) is 2.33. The van der Waals surface area contributed by atoms with E-state index in [4.69, 9.17) is 0 Å². The summed E-state index contributed by atoms with van der Waals surface area (Å²) < 4.78 is 3.94. The van der Waals surface area contributed by atoms with Crippen molar-refractivity contribution in [2.75, 3.05) is 0 Å². The second-order valence-corrected chi connectivity index (χ2v) is 3.58. The number of hydrogen-bond acceptors (Lipinski definition) is 3. The molecule has 14 heavy (non-hydrogen) atoms. The Bertz CT molecular complexity index is 380. The summed E-state index contributed by atoms with van der Waals surface area (Å²) in [6.45, 7) is 0. The van der Waals surface area contributed by atoms with Gasteiger partial charge in [-0.25, -0.2) is 0 Å². The Kier molecular flexibility index (Phi) is 3.14. The van der Waals surface area contributed by atoms with E-state index >= 15 is 0 Å². The van der Waals surface area contributed by atoms with Gasteiger partial charge in [-0.1, -0.05) is 36.4 Å². The van der Waals surface area contributed by atoms with E-state index in [1.807, 2.05) is 35.8 Å². The predicted octanol–water partition coefficient (Wildman–Crippen LogP) is 3.74. The van der Waals surface area contributed by atoms with Gasteiger partial charge in [0.15, 0.2) is 0 Å². The van der Waals surface area contributed by atoms with Gasteiger partial charge in [-0.3, -0.25) is 0 Å². The molecule has 0 aliphatic carbocycles. The van der Waals surface area contributed by atoms with Crippen molar-refractivity contribution >= 4 is 11.9 Å². The maximum absolute atomic E-state index is 4.11. The molecular weight excluding hydrogens is 192 g/mol. The minimum atomic E-state index is 0.842. The van der Waals surface area contributed by atoms with Crippen molar-refractivity contribution in [3.05, 3.63) is 59.2 Å². The molecule has 0 saturated heterocycles. The van der Waals surface area contributed by atoms with Gasteiger partial charge < -0.3 is 0 Å². The van der Waals surface area contributed by atoms with Gasteiger partial charge in [-0.05, 0) is 17.0 Å². The zero-order valence-electron chi connectivity index (χ0n) is 7.63. The molecule has 2 rings (SSSR count). The molecular formula is C11H10N2S. The van der Waals surface area contributed by atoms with Gasteiger partial charge in [0, 0.05) is 18.4 Å². The fourth-order valence-corrected chi connectivity index (χ4v) is 1.58. The van der Waals surface area contributed by atoms with Crippen molar-refractivity contribution in [2.24, 2.45) is 9.63 Å². The van der Waals surface area contributed by atoms with Crippen LogP contribution in [0.2, 0.25) is 0 Å². The van der Waals surface area contributed by atoms with Crippen molar-refractivity contribution in [1.29, 1.82) is 0 Å². The highest BCUT2D eigenvalue weighted by Gasteiger charge is 1.98. The topological polar surface area (TPSA) is 24.7 Å². The number of nitrogens with zero attached hydrogens (tertiary/aromatic N) is 2. The summed E-state index contributed by atoms with van der Waals surface area (Å²) >= 11 is 1.36. The highest BCUT2D eigenvalue weighted by atomic mass is 32.2. The summed E-state index contributed by atoms with van der Waals surface area (Å²) in [6, 6.07) is 10.3. The number of benzene rings is 1. The summed E-state index contributed by atoms with van der Waals surface area (Å²) in [5.41, 5.74) is 2.26. The van der Waals surface area contributed by atoms with Gasteiger partial charge in [0.25, 0.3) is 0 Å². The Balaban J connectivity index is 2.11. The van der Waals surface area contributed by atoms with Gasteiger partial charge in [0.1, 0.15) is 0 Å². The lowest BCUT2D eigenvalue weighted by Gasteiger charge is -1.98. The second-order valence-electron chi connectivity index (χ2n) is 2.94. The molecule has 0 amide bonds. The molecule has 0 N–H and O–H groups in total. The van der Waals surface area contributed by atoms with Crippen LogP contribution in [-0.4, -0.2) is 0 Å². The van der Waals surface area contributed by atoms with E-state index in [0.29, 0.717) is 0 Å². The third-order valence-electron chi connectivity index (χ3n) is 1.87. The summed E-state index contributed by atoms with van der Waals surface area (Å²) in [4.78, 5) is 0. The normalized spacial score (nSPS) is 15.0. The molecule has 0 aromatic heterocycles. The molecule has 2 nitrogen and oxygen atoms in total. The van der Waals surface area contributed by atoms with Crippen LogP contribution in [0.1, 0.15) is 5.56 Å².